The fourth-order valence-corrected chi connectivity index (χ4v) is 3.61. The molecule has 7 heteroatoms. The summed E-state index contributed by atoms with van der Waals surface area (Å²) in [6.45, 7) is 0.685. The number of halogens is 2. The van der Waals surface area contributed by atoms with E-state index < -0.39 is 33.2 Å². The van der Waals surface area contributed by atoms with E-state index in [0.29, 0.717) is 6.07 Å². The highest BCUT2D eigenvalue weighted by molar-refractivity contribution is 7.92. The zero-order valence-corrected chi connectivity index (χ0v) is 12.6. The summed E-state index contributed by atoms with van der Waals surface area (Å²) in [7, 11) is -4.25. The number of rotatable bonds is 5. The van der Waals surface area contributed by atoms with Gasteiger partial charge in [0.25, 0.3) is 10.0 Å². The zero-order chi connectivity index (χ0) is 16.3. The molecule has 2 aromatic rings. The molecule has 0 bridgehead atoms. The van der Waals surface area contributed by atoms with Gasteiger partial charge in [0, 0.05) is 6.07 Å². The maximum Gasteiger partial charge on any atom is 0.267 e. The molecule has 0 aliphatic rings. The fourth-order valence-electron chi connectivity index (χ4n) is 2.02. The molecule has 0 atom stereocenters. The quantitative estimate of drug-likeness (QED) is 0.918. The topological polar surface area (TPSA) is 57.6 Å². The zero-order valence-electron chi connectivity index (χ0n) is 11.8. The summed E-state index contributed by atoms with van der Waals surface area (Å²) in [6, 6.07) is 9.51. The van der Waals surface area contributed by atoms with Gasteiger partial charge in [0.05, 0.1) is 18.8 Å². The Hall–Kier alpha value is -1.99. The number of anilines is 1. The van der Waals surface area contributed by atoms with Gasteiger partial charge >= 0.3 is 0 Å². The molecule has 0 aromatic heterocycles. The Bertz CT molecular complexity index is 764. The molecule has 0 aliphatic carbocycles. The summed E-state index contributed by atoms with van der Waals surface area (Å²) in [5, 5.41) is 9.12. The van der Waals surface area contributed by atoms with Crippen LogP contribution in [0.1, 0.15) is 5.56 Å². The number of aliphatic hydroxyl groups is 1. The highest BCUT2D eigenvalue weighted by Crippen LogP contribution is 2.26. The monoisotopic (exact) mass is 327 g/mol. The van der Waals surface area contributed by atoms with Gasteiger partial charge in [-0.15, -0.1) is 0 Å². The Morgan fingerprint density at radius 3 is 2.32 bits per heavy atom. The molecule has 22 heavy (non-hydrogen) atoms. The van der Waals surface area contributed by atoms with Crippen LogP contribution in [-0.4, -0.2) is 26.7 Å². The molecular weight excluding hydrogens is 312 g/mol. The van der Waals surface area contributed by atoms with Crippen LogP contribution >= 0.6 is 0 Å². The van der Waals surface area contributed by atoms with Gasteiger partial charge in [-0.3, -0.25) is 4.31 Å². The molecule has 0 saturated carbocycles. The minimum Gasteiger partial charge on any atom is -0.394 e. The normalized spacial score (nSPS) is 11.5. The van der Waals surface area contributed by atoms with E-state index in [4.69, 9.17) is 5.11 Å². The molecule has 0 fully saturated rings. The van der Waals surface area contributed by atoms with Crippen LogP contribution in [0.5, 0.6) is 0 Å². The van der Waals surface area contributed by atoms with E-state index in [1.807, 2.05) is 0 Å². The molecule has 1 N–H and O–H groups in total. The summed E-state index contributed by atoms with van der Waals surface area (Å²) in [5.74, 6) is -1.98. The lowest BCUT2D eigenvalue weighted by molar-refractivity contribution is 0.306. The second-order valence-corrected chi connectivity index (χ2v) is 6.50. The smallest absolute Gasteiger partial charge is 0.267 e. The van der Waals surface area contributed by atoms with Crippen LogP contribution in [0.2, 0.25) is 0 Å². The number of benzene rings is 2. The third-order valence-corrected chi connectivity index (χ3v) is 4.97. The van der Waals surface area contributed by atoms with Crippen molar-refractivity contribution >= 4 is 15.7 Å². The molecule has 118 valence electrons. The van der Waals surface area contributed by atoms with Crippen LogP contribution in [0.15, 0.2) is 47.4 Å². The number of hydrogen-bond donors (Lipinski definition) is 1. The molecule has 2 aromatic carbocycles. The average Bonchev–Trinajstić information content (AvgIpc) is 2.49. The summed E-state index contributed by atoms with van der Waals surface area (Å²) < 4.78 is 53.5. The number of aryl methyl sites for hydroxylation is 1. The highest BCUT2D eigenvalue weighted by Gasteiger charge is 2.28. The number of aliphatic hydroxyl groups excluding tert-OH is 1. The largest absolute Gasteiger partial charge is 0.394 e. The van der Waals surface area contributed by atoms with Crippen molar-refractivity contribution in [2.75, 3.05) is 17.5 Å². The van der Waals surface area contributed by atoms with Crippen molar-refractivity contribution in [3.8, 4) is 0 Å². The first-order chi connectivity index (χ1) is 10.4. The summed E-state index contributed by atoms with van der Waals surface area (Å²) in [6.07, 6.45) is 0. The number of hydrogen-bond acceptors (Lipinski definition) is 3. The van der Waals surface area contributed by atoms with Crippen LogP contribution < -0.4 is 4.31 Å². The summed E-state index contributed by atoms with van der Waals surface area (Å²) in [5.41, 5.74) is 0.315. The molecule has 0 saturated heterocycles. The van der Waals surface area contributed by atoms with Crippen molar-refractivity contribution in [1.29, 1.82) is 0 Å². The van der Waals surface area contributed by atoms with Crippen molar-refractivity contribution in [2.45, 2.75) is 11.8 Å². The predicted octanol–water partition coefficient (Wildman–Crippen LogP) is 2.46. The first kappa shape index (κ1) is 16.4. The molecular formula is C15H15F2NO3S. The second-order valence-electron chi connectivity index (χ2n) is 4.67. The minimum atomic E-state index is -4.25. The van der Waals surface area contributed by atoms with Gasteiger partial charge in [0.2, 0.25) is 0 Å². The molecule has 4 nitrogen and oxygen atoms in total. The van der Waals surface area contributed by atoms with E-state index in [9.17, 15) is 17.2 Å². The summed E-state index contributed by atoms with van der Waals surface area (Å²) >= 11 is 0. The summed E-state index contributed by atoms with van der Waals surface area (Å²) in [4.78, 5) is -0.622. The van der Waals surface area contributed by atoms with Crippen molar-refractivity contribution in [3.63, 3.8) is 0 Å². The number of sulfonamides is 1. The van der Waals surface area contributed by atoms with Crippen LogP contribution in [0.25, 0.3) is 0 Å². The van der Waals surface area contributed by atoms with Gasteiger partial charge in [0.1, 0.15) is 16.5 Å². The van der Waals surface area contributed by atoms with E-state index in [0.717, 1.165) is 10.4 Å². The third kappa shape index (κ3) is 3.10. The number of para-hydroxylation sites is 1. The van der Waals surface area contributed by atoms with E-state index >= 15 is 0 Å². The molecule has 0 amide bonds. The molecule has 2 rings (SSSR count). The van der Waals surface area contributed by atoms with Gasteiger partial charge in [-0.05, 0) is 30.7 Å². The van der Waals surface area contributed by atoms with E-state index in [-0.39, 0.29) is 17.8 Å². The molecule has 0 aliphatic heterocycles. The van der Waals surface area contributed by atoms with Crippen molar-refractivity contribution < 1.29 is 22.3 Å². The molecule has 0 radical (unpaired) electrons. The van der Waals surface area contributed by atoms with Crippen molar-refractivity contribution in [1.82, 2.24) is 0 Å². The van der Waals surface area contributed by atoms with Gasteiger partial charge in [-0.2, -0.15) is 0 Å². The van der Waals surface area contributed by atoms with Crippen LogP contribution in [0.4, 0.5) is 14.5 Å². The Balaban J connectivity index is 2.58. The first-order valence-electron chi connectivity index (χ1n) is 6.52. The van der Waals surface area contributed by atoms with E-state index in [1.165, 1.54) is 19.1 Å². The van der Waals surface area contributed by atoms with Crippen LogP contribution in [-0.2, 0) is 10.0 Å². The lowest BCUT2D eigenvalue weighted by atomic mass is 10.2. The lowest BCUT2D eigenvalue weighted by Crippen LogP contribution is -2.34. The van der Waals surface area contributed by atoms with Crippen molar-refractivity contribution in [3.05, 3.63) is 59.7 Å². The fraction of sp³-hybridized carbons (Fsp3) is 0.200. The minimum absolute atomic E-state index is 0.0250. The maximum atomic E-state index is 13.9. The Morgan fingerprint density at radius 1 is 1.09 bits per heavy atom. The molecule has 0 unspecified atom stereocenters. The van der Waals surface area contributed by atoms with Gasteiger partial charge in [0.15, 0.2) is 0 Å². The van der Waals surface area contributed by atoms with E-state index in [1.54, 1.807) is 18.2 Å². The van der Waals surface area contributed by atoms with E-state index in [2.05, 4.69) is 0 Å². The standard InChI is InChI=1S/C15H15F2NO3S/c1-11-9-15(14(17)10-13(11)16)22(20,21)18(7-8-19)12-5-3-2-4-6-12/h2-6,9-10,19H,7-8H2,1H3. The Labute approximate surface area is 127 Å². The van der Waals surface area contributed by atoms with Crippen LogP contribution in [0.3, 0.4) is 0 Å². The van der Waals surface area contributed by atoms with Gasteiger partial charge in [-0.25, -0.2) is 17.2 Å². The van der Waals surface area contributed by atoms with Crippen LogP contribution in [0, 0.1) is 18.6 Å². The predicted molar refractivity (Wildman–Crippen MR) is 79.2 cm³/mol. The average molecular weight is 327 g/mol. The number of nitrogens with zero attached hydrogens (tertiary/aromatic N) is 1. The highest BCUT2D eigenvalue weighted by atomic mass is 32.2. The van der Waals surface area contributed by atoms with Crippen molar-refractivity contribution in [2.24, 2.45) is 0 Å². The van der Waals surface area contributed by atoms with Gasteiger partial charge < -0.3 is 5.11 Å². The SMILES string of the molecule is Cc1cc(S(=O)(=O)N(CCO)c2ccccc2)c(F)cc1F. The van der Waals surface area contributed by atoms with Gasteiger partial charge in [-0.1, -0.05) is 18.2 Å². The first-order valence-corrected chi connectivity index (χ1v) is 7.96. The molecule has 0 heterocycles. The lowest BCUT2D eigenvalue weighted by Gasteiger charge is -2.24. The second kappa shape index (κ2) is 6.41. The third-order valence-electron chi connectivity index (χ3n) is 3.13. The Morgan fingerprint density at radius 2 is 1.73 bits per heavy atom. The maximum absolute atomic E-state index is 13.9. The molecule has 0 spiro atoms. The Kier molecular flexibility index (Phi) is 4.77.